The molecule has 176 valence electrons. The van der Waals surface area contributed by atoms with Crippen molar-refractivity contribution in [3.05, 3.63) is 71.5 Å². The Bertz CT molecular complexity index is 1160. The van der Waals surface area contributed by atoms with E-state index in [1.54, 1.807) is 0 Å². The first-order chi connectivity index (χ1) is 16.5. The van der Waals surface area contributed by atoms with Crippen LogP contribution in [-0.4, -0.2) is 62.4 Å². The van der Waals surface area contributed by atoms with Gasteiger partial charge in [-0.2, -0.15) is 0 Å². The maximum atomic E-state index is 12.3. The number of fused-ring (bicyclic) bond motifs is 3. The van der Waals surface area contributed by atoms with Crippen molar-refractivity contribution in [2.75, 3.05) is 13.2 Å². The molecule has 2 amide bonds. The lowest BCUT2D eigenvalue weighted by Gasteiger charge is -2.14. The summed E-state index contributed by atoms with van der Waals surface area (Å²) in [5.74, 6) is -2.05. The number of hydrogen-bond acceptors (Lipinski definition) is 7. The normalized spacial score (nSPS) is 13.0. The van der Waals surface area contributed by atoms with Gasteiger partial charge in [0.1, 0.15) is 24.9 Å². The molecule has 2 aromatic carbocycles. The van der Waals surface area contributed by atoms with Gasteiger partial charge in [0.15, 0.2) is 0 Å². The number of aliphatic hydroxyl groups is 1. The van der Waals surface area contributed by atoms with E-state index in [0.29, 0.717) is 5.69 Å². The molecule has 0 saturated heterocycles. The molecule has 4 rings (SSSR count). The Balaban J connectivity index is 1.27. The Morgan fingerprint density at radius 1 is 1.06 bits per heavy atom. The third-order valence-electron chi connectivity index (χ3n) is 5.47. The molecule has 4 N–H and O–H groups in total. The van der Waals surface area contributed by atoms with Crippen LogP contribution in [0.3, 0.4) is 0 Å². The van der Waals surface area contributed by atoms with E-state index in [1.165, 1.54) is 10.9 Å². The van der Waals surface area contributed by atoms with Gasteiger partial charge in [-0.25, -0.2) is 14.3 Å². The van der Waals surface area contributed by atoms with Crippen LogP contribution >= 0.6 is 0 Å². The second-order valence-corrected chi connectivity index (χ2v) is 7.73. The fourth-order valence-electron chi connectivity index (χ4n) is 3.88. The van der Waals surface area contributed by atoms with Crippen LogP contribution in [0.5, 0.6) is 0 Å². The number of carboxylic acid groups (broad SMARTS) is 1. The summed E-state index contributed by atoms with van der Waals surface area (Å²) in [6, 6.07) is 14.7. The highest BCUT2D eigenvalue weighted by Gasteiger charge is 2.29. The number of ether oxygens (including phenoxy) is 1. The van der Waals surface area contributed by atoms with E-state index in [1.807, 2.05) is 36.4 Å². The van der Waals surface area contributed by atoms with Crippen LogP contribution in [0.25, 0.3) is 11.1 Å². The molecule has 11 heteroatoms. The number of benzene rings is 2. The van der Waals surface area contributed by atoms with Crippen molar-refractivity contribution in [1.29, 1.82) is 0 Å². The number of carboxylic acids is 1. The maximum absolute atomic E-state index is 12.3. The van der Waals surface area contributed by atoms with Crippen LogP contribution in [0.2, 0.25) is 0 Å². The van der Waals surface area contributed by atoms with Gasteiger partial charge in [0, 0.05) is 5.92 Å². The van der Waals surface area contributed by atoms with Crippen LogP contribution in [-0.2, 0) is 27.4 Å². The van der Waals surface area contributed by atoms with E-state index in [0.717, 1.165) is 22.3 Å². The monoisotopic (exact) mass is 465 g/mol. The third-order valence-corrected chi connectivity index (χ3v) is 5.47. The zero-order chi connectivity index (χ0) is 24.1. The maximum Gasteiger partial charge on any atom is 0.407 e. The molecule has 11 nitrogen and oxygen atoms in total. The van der Waals surface area contributed by atoms with Gasteiger partial charge in [0.05, 0.1) is 19.3 Å². The number of nitrogens with one attached hydrogen (secondary N) is 2. The standard InChI is InChI=1S/C23H23N5O6/c29-12-20(22(31)32)25-21(30)11-28-10-14(26-27-28)9-24-23(33)34-13-19-17-7-3-1-5-15(17)16-6-2-4-8-18(16)19/h1-8,10,19-20,29H,9,11-13H2,(H,24,33)(H,25,30)(H,31,32)/t20-/m1/s1. The summed E-state index contributed by atoms with van der Waals surface area (Å²) >= 11 is 0. The second-order valence-electron chi connectivity index (χ2n) is 7.73. The summed E-state index contributed by atoms with van der Waals surface area (Å²) in [5.41, 5.74) is 4.90. The minimum absolute atomic E-state index is 0.0344. The number of aliphatic hydroxyl groups excluding tert-OH is 1. The summed E-state index contributed by atoms with van der Waals surface area (Å²) in [6.45, 7) is -0.801. The van der Waals surface area contributed by atoms with Gasteiger partial charge in [-0.1, -0.05) is 53.7 Å². The summed E-state index contributed by atoms with van der Waals surface area (Å²) in [7, 11) is 0. The summed E-state index contributed by atoms with van der Waals surface area (Å²) < 4.78 is 6.66. The molecule has 0 fully saturated rings. The number of aromatic nitrogens is 3. The van der Waals surface area contributed by atoms with Gasteiger partial charge in [0.2, 0.25) is 5.91 Å². The van der Waals surface area contributed by atoms with Crippen molar-refractivity contribution < 1.29 is 29.3 Å². The molecule has 0 radical (unpaired) electrons. The largest absolute Gasteiger partial charge is 0.480 e. The van der Waals surface area contributed by atoms with E-state index >= 15 is 0 Å². The first-order valence-corrected chi connectivity index (χ1v) is 10.6. The molecule has 0 unspecified atom stereocenters. The van der Waals surface area contributed by atoms with E-state index in [9.17, 15) is 14.4 Å². The smallest absolute Gasteiger partial charge is 0.407 e. The van der Waals surface area contributed by atoms with Gasteiger partial charge in [-0.15, -0.1) is 5.10 Å². The molecule has 0 aliphatic heterocycles. The predicted molar refractivity (Wildman–Crippen MR) is 119 cm³/mol. The zero-order valence-corrected chi connectivity index (χ0v) is 18.0. The Hall–Kier alpha value is -4.25. The van der Waals surface area contributed by atoms with Gasteiger partial charge in [0.25, 0.3) is 0 Å². The van der Waals surface area contributed by atoms with Crippen molar-refractivity contribution in [2.24, 2.45) is 0 Å². The fraction of sp³-hybridized carbons (Fsp3) is 0.261. The number of carbonyl (C=O) groups is 3. The lowest BCUT2D eigenvalue weighted by molar-refractivity contribution is -0.143. The number of nitrogens with zero attached hydrogens (tertiary/aromatic N) is 3. The predicted octanol–water partition coefficient (Wildman–Crippen LogP) is 0.879. The Labute approximate surface area is 194 Å². The lowest BCUT2D eigenvalue weighted by atomic mass is 9.98. The summed E-state index contributed by atoms with van der Waals surface area (Å²) in [5, 5.41) is 30.2. The molecule has 34 heavy (non-hydrogen) atoms. The van der Waals surface area contributed by atoms with Crippen LogP contribution in [0.1, 0.15) is 22.7 Å². The van der Waals surface area contributed by atoms with Gasteiger partial charge >= 0.3 is 12.1 Å². The topological polar surface area (TPSA) is 156 Å². The highest BCUT2D eigenvalue weighted by atomic mass is 16.5. The number of hydrogen-bond donors (Lipinski definition) is 4. The summed E-state index contributed by atoms with van der Waals surface area (Å²) in [4.78, 5) is 35.0. The molecular weight excluding hydrogens is 442 g/mol. The highest BCUT2D eigenvalue weighted by molar-refractivity contribution is 5.83. The van der Waals surface area contributed by atoms with E-state index in [-0.39, 0.29) is 25.6 Å². The number of amides is 2. The zero-order valence-electron chi connectivity index (χ0n) is 18.0. The molecule has 0 saturated carbocycles. The molecule has 1 aliphatic rings. The van der Waals surface area contributed by atoms with E-state index in [2.05, 4.69) is 33.1 Å². The SMILES string of the molecule is O=C(Cn1cc(CNC(=O)OCC2c3ccccc3-c3ccccc32)nn1)N[C@H](CO)C(=O)O. The number of aliphatic carboxylic acids is 1. The molecular formula is C23H23N5O6. The van der Waals surface area contributed by atoms with Crippen LogP contribution in [0, 0.1) is 0 Å². The first-order valence-electron chi connectivity index (χ1n) is 10.6. The average Bonchev–Trinajstić information content (AvgIpc) is 3.41. The van der Waals surface area contributed by atoms with Gasteiger partial charge < -0.3 is 25.6 Å². The quantitative estimate of drug-likeness (QED) is 0.363. The van der Waals surface area contributed by atoms with Crippen LogP contribution in [0.4, 0.5) is 4.79 Å². The molecule has 0 spiro atoms. The molecule has 1 atom stereocenters. The van der Waals surface area contributed by atoms with E-state index in [4.69, 9.17) is 14.9 Å². The average molecular weight is 465 g/mol. The van der Waals surface area contributed by atoms with Crippen molar-refractivity contribution >= 4 is 18.0 Å². The number of carbonyl (C=O) groups excluding carboxylic acids is 2. The fourth-order valence-corrected chi connectivity index (χ4v) is 3.88. The minimum atomic E-state index is -1.40. The molecule has 1 heterocycles. The molecule has 1 aromatic heterocycles. The van der Waals surface area contributed by atoms with Crippen LogP contribution < -0.4 is 10.6 Å². The summed E-state index contributed by atoms with van der Waals surface area (Å²) in [6.07, 6.45) is 0.833. The van der Waals surface area contributed by atoms with E-state index < -0.39 is 30.6 Å². The molecule has 3 aromatic rings. The first kappa shape index (κ1) is 22.9. The second kappa shape index (κ2) is 10.1. The lowest BCUT2D eigenvalue weighted by Crippen LogP contribution is -2.44. The van der Waals surface area contributed by atoms with Crippen LogP contribution in [0.15, 0.2) is 54.7 Å². The van der Waals surface area contributed by atoms with Gasteiger partial charge in [-0.3, -0.25) is 4.79 Å². The Kier molecular flexibility index (Phi) is 6.83. The Morgan fingerprint density at radius 2 is 1.71 bits per heavy atom. The van der Waals surface area contributed by atoms with Crippen molar-refractivity contribution in [3.63, 3.8) is 0 Å². The number of rotatable bonds is 9. The van der Waals surface area contributed by atoms with Crippen molar-refractivity contribution in [1.82, 2.24) is 25.6 Å². The molecule has 1 aliphatic carbocycles. The van der Waals surface area contributed by atoms with Crippen molar-refractivity contribution in [3.8, 4) is 11.1 Å². The molecule has 0 bridgehead atoms. The Morgan fingerprint density at radius 3 is 2.32 bits per heavy atom. The minimum Gasteiger partial charge on any atom is -0.480 e. The number of alkyl carbamates (subject to hydrolysis) is 1. The third kappa shape index (κ3) is 5.04. The highest BCUT2D eigenvalue weighted by Crippen LogP contribution is 2.44. The van der Waals surface area contributed by atoms with Gasteiger partial charge in [-0.05, 0) is 22.3 Å². The van der Waals surface area contributed by atoms with Crippen molar-refractivity contribution in [2.45, 2.75) is 25.0 Å².